The fourth-order valence-corrected chi connectivity index (χ4v) is 1.79. The van der Waals surface area contributed by atoms with Gasteiger partial charge in [-0.25, -0.2) is 4.98 Å². The predicted octanol–water partition coefficient (Wildman–Crippen LogP) is 1.52. The molecule has 1 heterocycles. The van der Waals surface area contributed by atoms with Gasteiger partial charge < -0.3 is 15.2 Å². The summed E-state index contributed by atoms with van der Waals surface area (Å²) in [6.07, 6.45) is 0.519. The molecule has 0 aliphatic rings. The van der Waals surface area contributed by atoms with Gasteiger partial charge in [0.25, 0.3) is 5.91 Å². The van der Waals surface area contributed by atoms with Crippen molar-refractivity contribution in [2.24, 2.45) is 0 Å². The van der Waals surface area contributed by atoms with Crippen LogP contribution >= 0.6 is 23.2 Å². The highest BCUT2D eigenvalue weighted by Crippen LogP contribution is 2.14. The standard InChI is InChI=1S/C11H14Cl2N2O3/c1-18-3-2-8(6-16)14-11(17)7-4-9(12)15-10(13)5-7/h4-5,8,16H,2-3,6H2,1H3,(H,14,17). The van der Waals surface area contributed by atoms with Crippen LogP contribution in [0.1, 0.15) is 16.8 Å². The van der Waals surface area contributed by atoms with Crippen molar-refractivity contribution in [1.82, 2.24) is 10.3 Å². The molecule has 0 aliphatic carbocycles. The van der Waals surface area contributed by atoms with E-state index >= 15 is 0 Å². The molecule has 5 nitrogen and oxygen atoms in total. The molecule has 1 aromatic heterocycles. The number of aliphatic hydroxyl groups excluding tert-OH is 1. The van der Waals surface area contributed by atoms with E-state index in [1.165, 1.54) is 12.1 Å². The average Bonchev–Trinajstić information content (AvgIpc) is 2.32. The van der Waals surface area contributed by atoms with Gasteiger partial charge in [0.1, 0.15) is 10.3 Å². The van der Waals surface area contributed by atoms with Gasteiger partial charge in [0.05, 0.1) is 12.6 Å². The van der Waals surface area contributed by atoms with Crippen molar-refractivity contribution < 1.29 is 14.6 Å². The maximum atomic E-state index is 11.9. The first-order valence-electron chi connectivity index (χ1n) is 5.30. The van der Waals surface area contributed by atoms with E-state index < -0.39 is 0 Å². The van der Waals surface area contributed by atoms with Gasteiger partial charge in [-0.15, -0.1) is 0 Å². The van der Waals surface area contributed by atoms with E-state index in [4.69, 9.17) is 33.0 Å². The Balaban J connectivity index is 2.68. The van der Waals surface area contributed by atoms with Crippen LogP contribution in [0.2, 0.25) is 10.3 Å². The number of carbonyl (C=O) groups excluding carboxylic acids is 1. The van der Waals surface area contributed by atoms with Crippen molar-refractivity contribution in [3.05, 3.63) is 28.0 Å². The minimum Gasteiger partial charge on any atom is -0.394 e. The maximum Gasteiger partial charge on any atom is 0.251 e. The summed E-state index contributed by atoms with van der Waals surface area (Å²) in [6, 6.07) is 2.45. The molecule has 0 saturated carbocycles. The normalized spacial score (nSPS) is 12.2. The second-order valence-corrected chi connectivity index (χ2v) is 4.41. The lowest BCUT2D eigenvalue weighted by atomic mass is 10.2. The zero-order valence-electron chi connectivity index (χ0n) is 9.82. The Bertz CT molecular complexity index is 395. The molecule has 0 bridgehead atoms. The topological polar surface area (TPSA) is 71.5 Å². The molecule has 1 rings (SSSR count). The number of aromatic nitrogens is 1. The molecule has 0 radical (unpaired) electrons. The lowest BCUT2D eigenvalue weighted by Crippen LogP contribution is -2.38. The number of rotatable bonds is 6. The fraction of sp³-hybridized carbons (Fsp3) is 0.455. The number of methoxy groups -OCH3 is 1. The van der Waals surface area contributed by atoms with E-state index in [0.717, 1.165) is 0 Å². The largest absolute Gasteiger partial charge is 0.394 e. The predicted molar refractivity (Wildman–Crippen MR) is 69.1 cm³/mol. The Morgan fingerprint density at radius 3 is 2.61 bits per heavy atom. The fourth-order valence-electron chi connectivity index (χ4n) is 1.33. The van der Waals surface area contributed by atoms with Crippen LogP contribution in [0.5, 0.6) is 0 Å². The van der Waals surface area contributed by atoms with E-state index in [-0.39, 0.29) is 28.9 Å². The molecule has 0 fully saturated rings. The highest BCUT2D eigenvalue weighted by molar-refractivity contribution is 6.33. The molecule has 1 aromatic rings. The monoisotopic (exact) mass is 292 g/mol. The third kappa shape index (κ3) is 4.78. The molecule has 1 unspecified atom stereocenters. The van der Waals surface area contributed by atoms with E-state index in [2.05, 4.69) is 10.3 Å². The van der Waals surface area contributed by atoms with Crippen molar-refractivity contribution in [2.45, 2.75) is 12.5 Å². The molecule has 1 amide bonds. The quantitative estimate of drug-likeness (QED) is 0.780. The van der Waals surface area contributed by atoms with Crippen molar-refractivity contribution in [1.29, 1.82) is 0 Å². The van der Waals surface area contributed by atoms with Crippen LogP contribution in [-0.4, -0.2) is 42.4 Å². The molecule has 1 atom stereocenters. The number of hydrogen-bond acceptors (Lipinski definition) is 4. The number of pyridine rings is 1. The second-order valence-electron chi connectivity index (χ2n) is 3.64. The average molecular weight is 293 g/mol. The molecular weight excluding hydrogens is 279 g/mol. The smallest absolute Gasteiger partial charge is 0.251 e. The molecule has 0 aromatic carbocycles. The van der Waals surface area contributed by atoms with Gasteiger partial charge in [0.15, 0.2) is 0 Å². The van der Waals surface area contributed by atoms with Crippen LogP contribution in [0, 0.1) is 0 Å². The number of aliphatic hydroxyl groups is 1. The van der Waals surface area contributed by atoms with Crippen LogP contribution in [-0.2, 0) is 4.74 Å². The number of carbonyl (C=O) groups is 1. The molecule has 0 saturated heterocycles. The number of halogens is 2. The lowest BCUT2D eigenvalue weighted by Gasteiger charge is -2.15. The van der Waals surface area contributed by atoms with E-state index in [1.807, 2.05) is 0 Å². The van der Waals surface area contributed by atoms with Crippen LogP contribution in [0.15, 0.2) is 12.1 Å². The first kappa shape index (κ1) is 15.2. The molecule has 7 heteroatoms. The SMILES string of the molecule is COCCC(CO)NC(=O)c1cc(Cl)nc(Cl)c1. The summed E-state index contributed by atoms with van der Waals surface area (Å²) >= 11 is 11.4. The number of nitrogens with one attached hydrogen (secondary N) is 1. The summed E-state index contributed by atoms with van der Waals surface area (Å²) in [5, 5.41) is 12.1. The number of amides is 1. The third-order valence-electron chi connectivity index (χ3n) is 2.25. The second kappa shape index (κ2) is 7.53. The summed E-state index contributed by atoms with van der Waals surface area (Å²) in [5.74, 6) is -0.364. The van der Waals surface area contributed by atoms with Crippen LogP contribution in [0.25, 0.3) is 0 Å². The summed E-state index contributed by atoms with van der Waals surface area (Å²) in [7, 11) is 1.55. The van der Waals surface area contributed by atoms with Crippen molar-refractivity contribution in [3.63, 3.8) is 0 Å². The summed E-state index contributed by atoms with van der Waals surface area (Å²) in [6.45, 7) is 0.283. The molecule has 100 valence electrons. The van der Waals surface area contributed by atoms with Crippen LogP contribution in [0.4, 0.5) is 0 Å². The van der Waals surface area contributed by atoms with Gasteiger partial charge in [-0.1, -0.05) is 23.2 Å². The third-order valence-corrected chi connectivity index (χ3v) is 2.64. The number of nitrogens with zero attached hydrogens (tertiary/aromatic N) is 1. The minimum atomic E-state index is -0.372. The Morgan fingerprint density at radius 2 is 2.11 bits per heavy atom. The van der Waals surface area contributed by atoms with Gasteiger partial charge >= 0.3 is 0 Å². The summed E-state index contributed by atoms with van der Waals surface area (Å²) < 4.78 is 4.89. The molecular formula is C11H14Cl2N2O3. The summed E-state index contributed by atoms with van der Waals surface area (Å²) in [4.78, 5) is 15.6. The minimum absolute atomic E-state index is 0.144. The highest BCUT2D eigenvalue weighted by atomic mass is 35.5. The maximum absolute atomic E-state index is 11.9. The molecule has 0 spiro atoms. The van der Waals surface area contributed by atoms with Crippen LogP contribution in [0.3, 0.4) is 0 Å². The lowest BCUT2D eigenvalue weighted by molar-refractivity contribution is 0.0894. The van der Waals surface area contributed by atoms with Gasteiger partial charge in [-0.3, -0.25) is 4.79 Å². The van der Waals surface area contributed by atoms with Gasteiger partial charge in [0, 0.05) is 19.3 Å². The van der Waals surface area contributed by atoms with Gasteiger partial charge in [-0.2, -0.15) is 0 Å². The number of ether oxygens (including phenoxy) is 1. The van der Waals surface area contributed by atoms with Crippen molar-refractivity contribution >= 4 is 29.1 Å². The van der Waals surface area contributed by atoms with Crippen molar-refractivity contribution in [3.8, 4) is 0 Å². The van der Waals surface area contributed by atoms with E-state index in [0.29, 0.717) is 18.6 Å². The summed E-state index contributed by atoms with van der Waals surface area (Å²) in [5.41, 5.74) is 0.302. The highest BCUT2D eigenvalue weighted by Gasteiger charge is 2.14. The Kier molecular flexibility index (Phi) is 6.35. The van der Waals surface area contributed by atoms with E-state index in [1.54, 1.807) is 7.11 Å². The molecule has 2 N–H and O–H groups in total. The zero-order valence-corrected chi connectivity index (χ0v) is 11.3. The molecule has 0 aliphatic heterocycles. The first-order chi connectivity index (χ1) is 8.56. The van der Waals surface area contributed by atoms with Crippen molar-refractivity contribution in [2.75, 3.05) is 20.3 Å². The Morgan fingerprint density at radius 1 is 1.50 bits per heavy atom. The molecule has 18 heavy (non-hydrogen) atoms. The Labute approximate surface area is 115 Å². The van der Waals surface area contributed by atoms with Crippen LogP contribution < -0.4 is 5.32 Å². The van der Waals surface area contributed by atoms with E-state index in [9.17, 15) is 4.79 Å². The van der Waals surface area contributed by atoms with Gasteiger partial charge in [0.2, 0.25) is 0 Å². The Hall–Kier alpha value is -0.880. The van der Waals surface area contributed by atoms with Gasteiger partial charge in [-0.05, 0) is 18.6 Å². The number of hydrogen-bond donors (Lipinski definition) is 2. The zero-order chi connectivity index (χ0) is 13.5. The first-order valence-corrected chi connectivity index (χ1v) is 6.06.